The number of nitrogens with zero attached hydrogens (tertiary/aromatic N) is 3. The van der Waals surface area contributed by atoms with E-state index >= 15 is 0 Å². The standard InChI is InChI=1S/C19H26N4OS/c1-5-16-13-17(22-19(21-16)23(2)3)14-8-6-9-15(12-14)18(24)20-10-7-11-25-4/h6,8-9,12-13H,5,7,10-11H2,1-4H3,(H,20,24). The van der Waals surface area contributed by atoms with E-state index in [1.54, 1.807) is 11.8 Å². The minimum absolute atomic E-state index is 0.0412. The van der Waals surface area contributed by atoms with Gasteiger partial charge in [0.15, 0.2) is 0 Å². The smallest absolute Gasteiger partial charge is 0.251 e. The molecule has 0 atom stereocenters. The van der Waals surface area contributed by atoms with Gasteiger partial charge in [-0.3, -0.25) is 4.79 Å². The number of thioether (sulfide) groups is 1. The van der Waals surface area contributed by atoms with Crippen LogP contribution < -0.4 is 10.2 Å². The van der Waals surface area contributed by atoms with Gasteiger partial charge in [0, 0.05) is 37.5 Å². The van der Waals surface area contributed by atoms with E-state index in [1.807, 2.05) is 49.3 Å². The van der Waals surface area contributed by atoms with E-state index in [4.69, 9.17) is 0 Å². The lowest BCUT2D eigenvalue weighted by molar-refractivity contribution is 0.0954. The molecule has 0 spiro atoms. The first kappa shape index (κ1) is 19.2. The summed E-state index contributed by atoms with van der Waals surface area (Å²) in [7, 11) is 3.86. The normalized spacial score (nSPS) is 10.6. The van der Waals surface area contributed by atoms with Crippen molar-refractivity contribution in [2.24, 2.45) is 0 Å². The molecule has 5 nitrogen and oxygen atoms in total. The number of carbonyl (C=O) groups is 1. The average Bonchev–Trinajstić information content (AvgIpc) is 2.64. The molecule has 134 valence electrons. The molecule has 6 heteroatoms. The molecule has 0 bridgehead atoms. The minimum atomic E-state index is -0.0412. The summed E-state index contributed by atoms with van der Waals surface area (Å²) in [5.41, 5.74) is 3.41. The summed E-state index contributed by atoms with van der Waals surface area (Å²) < 4.78 is 0. The van der Waals surface area contributed by atoms with Gasteiger partial charge < -0.3 is 10.2 Å². The summed E-state index contributed by atoms with van der Waals surface area (Å²) in [5.74, 6) is 1.69. The van der Waals surface area contributed by atoms with Crippen LogP contribution in [0, 0.1) is 0 Å². The molecule has 1 N–H and O–H groups in total. The van der Waals surface area contributed by atoms with E-state index in [2.05, 4.69) is 28.5 Å². The van der Waals surface area contributed by atoms with Crippen LogP contribution in [0.4, 0.5) is 5.95 Å². The van der Waals surface area contributed by atoms with E-state index in [1.165, 1.54) is 0 Å². The van der Waals surface area contributed by atoms with Crippen LogP contribution in [0.2, 0.25) is 0 Å². The molecule has 1 amide bonds. The third-order valence-corrected chi connectivity index (χ3v) is 4.46. The molecule has 0 radical (unpaired) electrons. The zero-order valence-corrected chi connectivity index (χ0v) is 16.2. The molecule has 0 aliphatic carbocycles. The van der Waals surface area contributed by atoms with Crippen molar-refractivity contribution in [1.82, 2.24) is 15.3 Å². The SMILES string of the molecule is CCc1cc(-c2cccc(C(=O)NCCCSC)c2)nc(N(C)C)n1. The molecular weight excluding hydrogens is 332 g/mol. The Morgan fingerprint density at radius 3 is 2.72 bits per heavy atom. The van der Waals surface area contributed by atoms with Gasteiger partial charge in [0.1, 0.15) is 0 Å². The fourth-order valence-electron chi connectivity index (χ4n) is 2.35. The van der Waals surface area contributed by atoms with E-state index in [-0.39, 0.29) is 5.91 Å². The second kappa shape index (κ2) is 9.42. The van der Waals surface area contributed by atoms with Crippen molar-refractivity contribution < 1.29 is 4.79 Å². The summed E-state index contributed by atoms with van der Waals surface area (Å²) in [5, 5.41) is 2.97. The lowest BCUT2D eigenvalue weighted by Crippen LogP contribution is -2.24. The zero-order valence-electron chi connectivity index (χ0n) is 15.4. The van der Waals surface area contributed by atoms with Crippen molar-refractivity contribution in [2.45, 2.75) is 19.8 Å². The Labute approximate surface area is 154 Å². The van der Waals surface area contributed by atoms with Crippen molar-refractivity contribution in [3.63, 3.8) is 0 Å². The highest BCUT2D eigenvalue weighted by molar-refractivity contribution is 7.98. The lowest BCUT2D eigenvalue weighted by Gasteiger charge is -2.13. The molecule has 0 saturated carbocycles. The summed E-state index contributed by atoms with van der Waals surface area (Å²) in [6.45, 7) is 2.77. The van der Waals surface area contributed by atoms with Crippen LogP contribution in [0.15, 0.2) is 30.3 Å². The van der Waals surface area contributed by atoms with E-state index in [0.29, 0.717) is 18.1 Å². The van der Waals surface area contributed by atoms with E-state index in [0.717, 1.165) is 35.5 Å². The van der Waals surface area contributed by atoms with E-state index in [9.17, 15) is 4.79 Å². The molecule has 1 heterocycles. The molecule has 0 aliphatic heterocycles. The number of benzene rings is 1. The van der Waals surface area contributed by atoms with Gasteiger partial charge in [0.05, 0.1) is 5.69 Å². The van der Waals surface area contributed by atoms with E-state index < -0.39 is 0 Å². The Morgan fingerprint density at radius 2 is 2.04 bits per heavy atom. The minimum Gasteiger partial charge on any atom is -0.352 e. The van der Waals surface area contributed by atoms with Crippen LogP contribution in [0.25, 0.3) is 11.3 Å². The predicted octanol–water partition coefficient (Wildman–Crippen LogP) is 3.25. The topological polar surface area (TPSA) is 58.1 Å². The van der Waals surface area contributed by atoms with Crippen molar-refractivity contribution in [1.29, 1.82) is 0 Å². The summed E-state index contributed by atoms with van der Waals surface area (Å²) in [6, 6.07) is 9.59. The third kappa shape index (κ3) is 5.46. The first-order chi connectivity index (χ1) is 12.0. The number of aromatic nitrogens is 2. The first-order valence-corrected chi connectivity index (χ1v) is 9.87. The maximum Gasteiger partial charge on any atom is 0.251 e. The Morgan fingerprint density at radius 1 is 1.24 bits per heavy atom. The number of carbonyl (C=O) groups excluding carboxylic acids is 1. The quantitative estimate of drug-likeness (QED) is 0.734. The highest BCUT2D eigenvalue weighted by atomic mass is 32.2. The third-order valence-electron chi connectivity index (χ3n) is 3.76. The maximum absolute atomic E-state index is 12.3. The van der Waals surface area contributed by atoms with Gasteiger partial charge in [0.2, 0.25) is 5.95 Å². The van der Waals surface area contributed by atoms with Gasteiger partial charge in [0.25, 0.3) is 5.91 Å². The fraction of sp³-hybridized carbons (Fsp3) is 0.421. The fourth-order valence-corrected chi connectivity index (χ4v) is 2.79. The Bertz CT molecular complexity index is 718. The average molecular weight is 359 g/mol. The molecule has 1 aromatic carbocycles. The number of anilines is 1. The molecule has 0 unspecified atom stereocenters. The van der Waals surface area contributed by atoms with Crippen LogP contribution in [0.1, 0.15) is 29.4 Å². The van der Waals surface area contributed by atoms with Gasteiger partial charge in [-0.05, 0) is 43.0 Å². The summed E-state index contributed by atoms with van der Waals surface area (Å²) >= 11 is 1.79. The summed E-state index contributed by atoms with van der Waals surface area (Å²) in [6.07, 6.45) is 3.89. The first-order valence-electron chi connectivity index (χ1n) is 8.48. The Kier molecular flexibility index (Phi) is 7.25. The molecule has 2 aromatic rings. The number of hydrogen-bond acceptors (Lipinski definition) is 5. The van der Waals surface area contributed by atoms with Gasteiger partial charge in [-0.2, -0.15) is 11.8 Å². The van der Waals surface area contributed by atoms with Crippen LogP contribution in [0.3, 0.4) is 0 Å². The van der Waals surface area contributed by atoms with Crippen LogP contribution >= 0.6 is 11.8 Å². The van der Waals surface area contributed by atoms with Crippen molar-refractivity contribution in [2.75, 3.05) is 37.5 Å². The van der Waals surface area contributed by atoms with Gasteiger partial charge >= 0.3 is 0 Å². The second-order valence-corrected chi connectivity index (χ2v) is 6.96. The van der Waals surface area contributed by atoms with Crippen molar-refractivity contribution >= 4 is 23.6 Å². The van der Waals surface area contributed by atoms with Gasteiger partial charge in [-0.1, -0.05) is 19.1 Å². The van der Waals surface area contributed by atoms with Gasteiger partial charge in [-0.15, -0.1) is 0 Å². The highest BCUT2D eigenvalue weighted by Gasteiger charge is 2.10. The molecular formula is C19H26N4OS. The van der Waals surface area contributed by atoms with Gasteiger partial charge in [-0.25, -0.2) is 9.97 Å². The molecule has 25 heavy (non-hydrogen) atoms. The monoisotopic (exact) mass is 358 g/mol. The molecule has 0 saturated heterocycles. The molecule has 1 aromatic heterocycles. The molecule has 0 aliphatic rings. The van der Waals surface area contributed by atoms with Crippen molar-refractivity contribution in [3.05, 3.63) is 41.6 Å². The van der Waals surface area contributed by atoms with Crippen LogP contribution in [-0.2, 0) is 6.42 Å². The number of amides is 1. The number of hydrogen-bond donors (Lipinski definition) is 1. The maximum atomic E-state index is 12.3. The highest BCUT2D eigenvalue weighted by Crippen LogP contribution is 2.21. The number of rotatable bonds is 8. The predicted molar refractivity (Wildman–Crippen MR) is 107 cm³/mol. The zero-order chi connectivity index (χ0) is 18.2. The lowest BCUT2D eigenvalue weighted by atomic mass is 10.1. The Hall–Kier alpha value is -2.08. The molecule has 2 rings (SSSR count). The van der Waals surface area contributed by atoms with Crippen LogP contribution in [0.5, 0.6) is 0 Å². The van der Waals surface area contributed by atoms with Crippen LogP contribution in [-0.4, -0.2) is 48.5 Å². The summed E-state index contributed by atoms with van der Waals surface area (Å²) in [4.78, 5) is 23.4. The number of aryl methyl sites for hydroxylation is 1. The second-order valence-electron chi connectivity index (χ2n) is 5.98. The largest absolute Gasteiger partial charge is 0.352 e. The number of nitrogens with one attached hydrogen (secondary N) is 1. The Balaban J connectivity index is 2.23. The molecule has 0 fully saturated rings. The van der Waals surface area contributed by atoms with Crippen molar-refractivity contribution in [3.8, 4) is 11.3 Å².